The summed E-state index contributed by atoms with van der Waals surface area (Å²) < 4.78 is 8.10. The predicted octanol–water partition coefficient (Wildman–Crippen LogP) is 3.52. The van der Waals surface area contributed by atoms with E-state index in [1.54, 1.807) is 0 Å². The van der Waals surface area contributed by atoms with Crippen LogP contribution in [-0.2, 0) is 6.42 Å². The second-order valence-electron chi connectivity index (χ2n) is 6.59. The van der Waals surface area contributed by atoms with Gasteiger partial charge in [-0.15, -0.1) is 0 Å². The van der Waals surface area contributed by atoms with Crippen molar-refractivity contribution in [3.8, 4) is 11.4 Å². The fourth-order valence-corrected chi connectivity index (χ4v) is 3.24. The summed E-state index contributed by atoms with van der Waals surface area (Å²) >= 11 is 0. The summed E-state index contributed by atoms with van der Waals surface area (Å²) in [5.41, 5.74) is 3.20. The molecule has 3 heterocycles. The number of ether oxygens (including phenoxy) is 1. The highest BCUT2D eigenvalue weighted by Crippen LogP contribution is 2.41. The second-order valence-corrected chi connectivity index (χ2v) is 6.59. The van der Waals surface area contributed by atoms with Gasteiger partial charge in [-0.3, -0.25) is 4.98 Å². The normalized spacial score (nSPS) is 19.1. The summed E-state index contributed by atoms with van der Waals surface area (Å²) in [6.07, 6.45) is 4.94. The molecule has 0 amide bonds. The minimum Gasteiger partial charge on any atom is -0.482 e. The van der Waals surface area contributed by atoms with Crippen LogP contribution in [0.5, 0.6) is 5.75 Å². The lowest BCUT2D eigenvalue weighted by Crippen LogP contribution is -2.12. The Labute approximate surface area is 140 Å². The van der Waals surface area contributed by atoms with E-state index in [-0.39, 0.29) is 6.10 Å². The van der Waals surface area contributed by atoms with Gasteiger partial charge in [-0.1, -0.05) is 18.2 Å². The molecule has 5 rings (SSSR count). The molecule has 1 aliphatic heterocycles. The molecule has 0 radical (unpaired) electrons. The largest absolute Gasteiger partial charge is 0.482 e. The molecule has 1 fully saturated rings. The van der Waals surface area contributed by atoms with E-state index in [9.17, 15) is 0 Å². The van der Waals surface area contributed by atoms with Gasteiger partial charge in [0, 0.05) is 24.2 Å². The maximum absolute atomic E-state index is 6.16. The van der Waals surface area contributed by atoms with Crippen LogP contribution in [0.1, 0.15) is 47.8 Å². The summed E-state index contributed by atoms with van der Waals surface area (Å²) in [6.45, 7) is 1.99. The topological polar surface area (TPSA) is 52.8 Å². The third-order valence-corrected chi connectivity index (χ3v) is 4.65. The number of para-hydroxylation sites is 1. The van der Waals surface area contributed by atoms with E-state index in [1.807, 2.05) is 42.1 Å². The smallest absolute Gasteiger partial charge is 0.173 e. The van der Waals surface area contributed by atoms with Gasteiger partial charge in [-0.05, 0) is 43.5 Å². The average Bonchev–Trinajstić information content (AvgIpc) is 3.20. The molecule has 2 aromatic heterocycles. The third-order valence-electron chi connectivity index (χ3n) is 4.65. The van der Waals surface area contributed by atoms with Gasteiger partial charge >= 0.3 is 0 Å². The van der Waals surface area contributed by atoms with Crippen LogP contribution >= 0.6 is 0 Å². The molecule has 1 saturated carbocycles. The maximum Gasteiger partial charge on any atom is 0.173 e. The molecular weight excluding hydrogens is 300 g/mol. The quantitative estimate of drug-likeness (QED) is 0.741. The number of rotatable bonds is 3. The van der Waals surface area contributed by atoms with E-state index in [4.69, 9.17) is 14.8 Å². The highest BCUT2D eigenvalue weighted by atomic mass is 16.5. The molecule has 120 valence electrons. The zero-order valence-electron chi connectivity index (χ0n) is 13.5. The van der Waals surface area contributed by atoms with E-state index in [0.29, 0.717) is 5.92 Å². The summed E-state index contributed by atoms with van der Waals surface area (Å²) in [4.78, 5) is 9.14. The van der Waals surface area contributed by atoms with Crippen LogP contribution in [0.4, 0.5) is 0 Å². The third kappa shape index (κ3) is 2.28. The highest BCUT2D eigenvalue weighted by Gasteiger charge is 2.34. The standard InChI is InChI=1S/C19H18N4O/c1-12-10-15(8-9-20-12)23-19(21-18(22-23)13-6-7-13)17-11-14-4-2-3-5-16(14)24-17/h2-5,8-10,13,17H,6-7,11H2,1H3/t17-/m1/s1. The molecule has 5 nitrogen and oxygen atoms in total. The Morgan fingerprint density at radius 2 is 2.04 bits per heavy atom. The van der Waals surface area contributed by atoms with Crippen LogP contribution in [0.3, 0.4) is 0 Å². The number of aromatic nitrogens is 4. The second kappa shape index (κ2) is 5.16. The first-order chi connectivity index (χ1) is 11.8. The molecule has 5 heteroatoms. The monoisotopic (exact) mass is 318 g/mol. The van der Waals surface area contributed by atoms with Crippen molar-refractivity contribution in [3.05, 3.63) is 65.5 Å². The molecule has 0 bridgehead atoms. The molecule has 1 aliphatic carbocycles. The Bertz CT molecular complexity index is 888. The van der Waals surface area contributed by atoms with Crippen molar-refractivity contribution < 1.29 is 4.74 Å². The number of pyridine rings is 1. The van der Waals surface area contributed by atoms with Crippen LogP contribution in [0, 0.1) is 6.92 Å². The Morgan fingerprint density at radius 1 is 1.17 bits per heavy atom. The fourth-order valence-electron chi connectivity index (χ4n) is 3.24. The number of hydrogen-bond donors (Lipinski definition) is 0. The van der Waals surface area contributed by atoms with E-state index in [0.717, 1.165) is 35.2 Å². The number of fused-ring (bicyclic) bond motifs is 1. The van der Waals surface area contributed by atoms with Gasteiger partial charge in [0.25, 0.3) is 0 Å². The van der Waals surface area contributed by atoms with E-state index < -0.39 is 0 Å². The molecule has 0 spiro atoms. The van der Waals surface area contributed by atoms with Crippen molar-refractivity contribution in [3.63, 3.8) is 0 Å². The van der Waals surface area contributed by atoms with Crippen molar-refractivity contribution in [1.29, 1.82) is 0 Å². The van der Waals surface area contributed by atoms with E-state index >= 15 is 0 Å². The lowest BCUT2D eigenvalue weighted by atomic mass is 10.1. The minimum atomic E-state index is -0.0872. The van der Waals surface area contributed by atoms with Crippen LogP contribution in [-0.4, -0.2) is 19.7 Å². The number of benzene rings is 1. The predicted molar refractivity (Wildman–Crippen MR) is 89.4 cm³/mol. The molecule has 3 aromatic rings. The maximum atomic E-state index is 6.16. The van der Waals surface area contributed by atoms with E-state index in [2.05, 4.69) is 17.1 Å². The summed E-state index contributed by atoms with van der Waals surface area (Å²) in [6, 6.07) is 12.2. The lowest BCUT2D eigenvalue weighted by Gasteiger charge is -2.12. The van der Waals surface area contributed by atoms with Crippen molar-refractivity contribution in [2.24, 2.45) is 0 Å². The fraction of sp³-hybridized carbons (Fsp3) is 0.316. The van der Waals surface area contributed by atoms with E-state index in [1.165, 1.54) is 18.4 Å². The average molecular weight is 318 g/mol. The minimum absolute atomic E-state index is 0.0872. The SMILES string of the molecule is Cc1cc(-n2nc(C3CC3)nc2[C@H]2Cc3ccccc3O2)ccn1. The van der Waals surface area contributed by atoms with Crippen molar-refractivity contribution in [1.82, 2.24) is 19.7 Å². The van der Waals surface area contributed by atoms with Crippen LogP contribution in [0.25, 0.3) is 5.69 Å². The van der Waals surface area contributed by atoms with Gasteiger partial charge in [0.1, 0.15) is 5.75 Å². The summed E-state index contributed by atoms with van der Waals surface area (Å²) in [5.74, 6) is 3.30. The Kier molecular flexibility index (Phi) is 2.95. The summed E-state index contributed by atoms with van der Waals surface area (Å²) in [5, 5.41) is 4.79. The molecule has 0 N–H and O–H groups in total. The molecule has 1 atom stereocenters. The number of aryl methyl sites for hydroxylation is 1. The zero-order chi connectivity index (χ0) is 16.1. The van der Waals surface area contributed by atoms with Crippen LogP contribution in [0.15, 0.2) is 42.6 Å². The van der Waals surface area contributed by atoms with Gasteiger partial charge in [-0.25, -0.2) is 9.67 Å². The van der Waals surface area contributed by atoms with Gasteiger partial charge in [-0.2, -0.15) is 5.10 Å². The lowest BCUT2D eigenvalue weighted by molar-refractivity contribution is 0.224. The van der Waals surface area contributed by atoms with Crippen LogP contribution < -0.4 is 4.74 Å². The molecule has 24 heavy (non-hydrogen) atoms. The molecule has 0 unspecified atom stereocenters. The first-order valence-corrected chi connectivity index (χ1v) is 8.42. The van der Waals surface area contributed by atoms with Gasteiger partial charge < -0.3 is 4.74 Å². The molecule has 0 saturated heterocycles. The van der Waals surface area contributed by atoms with Crippen LogP contribution in [0.2, 0.25) is 0 Å². The van der Waals surface area contributed by atoms with Crippen molar-refractivity contribution in [2.45, 2.75) is 38.2 Å². The first-order valence-electron chi connectivity index (χ1n) is 8.42. The molecule has 1 aromatic carbocycles. The molecular formula is C19H18N4O. The highest BCUT2D eigenvalue weighted by molar-refractivity contribution is 5.39. The van der Waals surface area contributed by atoms with Crippen molar-refractivity contribution >= 4 is 0 Å². The summed E-state index contributed by atoms with van der Waals surface area (Å²) in [7, 11) is 0. The first kappa shape index (κ1) is 13.7. The van der Waals surface area contributed by atoms with Gasteiger partial charge in [0.05, 0.1) is 5.69 Å². The number of hydrogen-bond acceptors (Lipinski definition) is 4. The molecule has 2 aliphatic rings. The van der Waals surface area contributed by atoms with Gasteiger partial charge in [0.2, 0.25) is 0 Å². The zero-order valence-corrected chi connectivity index (χ0v) is 13.5. The van der Waals surface area contributed by atoms with Gasteiger partial charge in [0.15, 0.2) is 17.8 Å². The Hall–Kier alpha value is -2.69. The van der Waals surface area contributed by atoms with Crippen molar-refractivity contribution in [2.75, 3.05) is 0 Å². The Morgan fingerprint density at radius 3 is 2.83 bits per heavy atom. The number of nitrogens with zero attached hydrogens (tertiary/aromatic N) is 4. The Balaban J connectivity index is 1.58.